The van der Waals surface area contributed by atoms with Crippen LogP contribution in [0.4, 0.5) is 0 Å². The Morgan fingerprint density at radius 2 is 1.73 bits per heavy atom. The second-order valence-electron chi connectivity index (χ2n) is 6.65. The lowest BCUT2D eigenvalue weighted by Crippen LogP contribution is -2.10. The van der Waals surface area contributed by atoms with Crippen molar-refractivity contribution in [3.8, 4) is 5.75 Å². The quantitative estimate of drug-likeness (QED) is 0.118. The molecule has 0 bridgehead atoms. The van der Waals surface area contributed by atoms with Gasteiger partial charge in [-0.2, -0.15) is 0 Å². The summed E-state index contributed by atoms with van der Waals surface area (Å²) < 4.78 is 13.8. The lowest BCUT2D eigenvalue weighted by molar-refractivity contribution is -0.129. The number of hydrogen-bond acceptors (Lipinski definition) is 5. The summed E-state index contributed by atoms with van der Waals surface area (Å²) in [7, 11) is 0. The molecule has 0 unspecified atom stereocenters. The Morgan fingerprint density at radius 1 is 1.03 bits per heavy atom. The van der Waals surface area contributed by atoms with E-state index in [1.807, 2.05) is 18.2 Å². The van der Waals surface area contributed by atoms with Crippen LogP contribution in [-0.2, 0) is 9.53 Å². The van der Waals surface area contributed by atoms with Crippen LogP contribution in [0.15, 0.2) is 78.7 Å². The number of halogens is 5. The van der Waals surface area contributed by atoms with Gasteiger partial charge in [0.05, 0.1) is 19.5 Å². The van der Waals surface area contributed by atoms with Crippen molar-refractivity contribution in [2.45, 2.75) is 0 Å². The fourth-order valence-electron chi connectivity index (χ4n) is 2.85. The van der Waals surface area contributed by atoms with Crippen LogP contribution >= 0.6 is 82.0 Å². The first kappa shape index (κ1) is 24.6. The lowest BCUT2D eigenvalue weighted by Gasteiger charge is -2.10. The van der Waals surface area contributed by atoms with Gasteiger partial charge in [0.15, 0.2) is 11.4 Å². The predicted molar refractivity (Wildman–Crippen MR) is 146 cm³/mol. The molecule has 5 nitrogen and oxygen atoms in total. The third-order valence-electron chi connectivity index (χ3n) is 4.40. The molecule has 33 heavy (non-hydrogen) atoms. The molecular formula is C23H10Br3ClINO4. The second-order valence-corrected chi connectivity index (χ2v) is 10.8. The zero-order valence-corrected chi connectivity index (χ0v) is 23.9. The average molecular weight is 766 g/mol. The minimum Gasteiger partial charge on any atom is -0.420 e. The zero-order valence-electron chi connectivity index (χ0n) is 16.2. The monoisotopic (exact) mass is 763 g/mol. The molecule has 0 N–H and O–H groups in total. The number of nitrogens with zero attached hydrogens (tertiary/aromatic N) is 1. The van der Waals surface area contributed by atoms with E-state index in [9.17, 15) is 9.59 Å². The summed E-state index contributed by atoms with van der Waals surface area (Å²) in [6, 6.07) is 15.6. The summed E-state index contributed by atoms with van der Waals surface area (Å²) in [5.74, 6) is -0.637. The third kappa shape index (κ3) is 5.59. The highest BCUT2D eigenvalue weighted by molar-refractivity contribution is 14.1. The second kappa shape index (κ2) is 10.4. The first-order chi connectivity index (χ1) is 15.7. The number of rotatable bonds is 4. The van der Waals surface area contributed by atoms with Crippen molar-refractivity contribution in [1.82, 2.24) is 0 Å². The number of benzene rings is 3. The van der Waals surface area contributed by atoms with E-state index in [0.717, 1.165) is 8.04 Å². The van der Waals surface area contributed by atoms with Gasteiger partial charge < -0.3 is 9.47 Å². The van der Waals surface area contributed by atoms with Crippen molar-refractivity contribution in [2.75, 3.05) is 0 Å². The summed E-state index contributed by atoms with van der Waals surface area (Å²) in [4.78, 5) is 29.2. The van der Waals surface area contributed by atoms with Gasteiger partial charge in [-0.1, -0.05) is 23.7 Å². The topological polar surface area (TPSA) is 65.0 Å². The third-order valence-corrected chi connectivity index (χ3v) is 8.25. The SMILES string of the molecule is O=C1OC(c2ccc(I)c(Br)c2)=N/C1=C\c1cc(Br)c(OC(=O)c2ccccc2Cl)c(Br)c1. The number of hydrogen-bond donors (Lipinski definition) is 0. The standard InChI is InChI=1S/C23H10Br3ClINO4/c24-14-10-12(5-6-18(14)28)21-29-19(23(31)33-21)9-11-7-15(25)20(16(26)8-11)32-22(30)13-3-1-2-4-17(13)27/h1-10H/b19-9-. The molecular weight excluding hydrogens is 756 g/mol. The number of esters is 2. The van der Waals surface area contributed by atoms with Crippen LogP contribution in [0.2, 0.25) is 5.02 Å². The molecule has 0 saturated carbocycles. The Morgan fingerprint density at radius 3 is 2.39 bits per heavy atom. The van der Waals surface area contributed by atoms with Crippen molar-refractivity contribution >= 4 is 106 Å². The van der Waals surface area contributed by atoms with E-state index in [2.05, 4.69) is 75.4 Å². The van der Waals surface area contributed by atoms with Crippen molar-refractivity contribution in [3.05, 3.63) is 99.0 Å². The predicted octanol–water partition coefficient (Wildman–Crippen LogP) is 7.80. The van der Waals surface area contributed by atoms with Crippen LogP contribution in [0.5, 0.6) is 5.75 Å². The summed E-state index contributed by atoms with van der Waals surface area (Å²) in [6.45, 7) is 0. The van der Waals surface area contributed by atoms with Gasteiger partial charge in [0.25, 0.3) is 0 Å². The van der Waals surface area contributed by atoms with E-state index in [1.54, 1.807) is 42.5 Å². The molecule has 4 rings (SSSR count). The van der Waals surface area contributed by atoms with Gasteiger partial charge in [-0.3, -0.25) is 0 Å². The number of aliphatic imine (C=N–C) groups is 1. The number of cyclic esters (lactones) is 1. The Balaban J connectivity index is 1.60. The van der Waals surface area contributed by atoms with Gasteiger partial charge in [0.1, 0.15) is 0 Å². The molecule has 0 radical (unpaired) electrons. The van der Waals surface area contributed by atoms with Crippen LogP contribution in [0.3, 0.4) is 0 Å². The van der Waals surface area contributed by atoms with Crippen LogP contribution in [0.25, 0.3) is 6.08 Å². The molecule has 166 valence electrons. The Hall–Kier alpha value is -1.53. The van der Waals surface area contributed by atoms with E-state index >= 15 is 0 Å². The highest BCUT2D eigenvalue weighted by atomic mass is 127. The molecule has 0 spiro atoms. The molecule has 0 saturated heterocycles. The maximum atomic E-state index is 12.5. The summed E-state index contributed by atoms with van der Waals surface area (Å²) in [6.07, 6.45) is 1.59. The van der Waals surface area contributed by atoms with Gasteiger partial charge in [-0.15, -0.1) is 0 Å². The average Bonchev–Trinajstić information content (AvgIpc) is 3.13. The van der Waals surface area contributed by atoms with Gasteiger partial charge in [0.2, 0.25) is 5.90 Å². The van der Waals surface area contributed by atoms with E-state index in [-0.39, 0.29) is 22.9 Å². The molecule has 1 aliphatic heterocycles. The molecule has 0 amide bonds. The first-order valence-corrected chi connectivity index (χ1v) is 13.0. The highest BCUT2D eigenvalue weighted by Crippen LogP contribution is 2.36. The number of carbonyl (C=O) groups is 2. The Bertz CT molecular complexity index is 1350. The van der Waals surface area contributed by atoms with Crippen molar-refractivity contribution in [1.29, 1.82) is 0 Å². The Kier molecular flexibility index (Phi) is 7.74. The highest BCUT2D eigenvalue weighted by Gasteiger charge is 2.25. The maximum absolute atomic E-state index is 12.5. The molecule has 10 heteroatoms. The van der Waals surface area contributed by atoms with Gasteiger partial charge in [0, 0.05) is 13.6 Å². The number of carbonyl (C=O) groups excluding carboxylic acids is 2. The van der Waals surface area contributed by atoms with Gasteiger partial charge in [-0.25, -0.2) is 14.6 Å². The van der Waals surface area contributed by atoms with Crippen LogP contribution in [0, 0.1) is 3.57 Å². The molecule has 1 aliphatic rings. The molecule has 0 atom stereocenters. The normalized spacial score (nSPS) is 14.3. The van der Waals surface area contributed by atoms with E-state index < -0.39 is 11.9 Å². The lowest BCUT2D eigenvalue weighted by atomic mass is 10.2. The smallest absolute Gasteiger partial charge is 0.363 e. The minimum atomic E-state index is -0.592. The van der Waals surface area contributed by atoms with E-state index in [4.69, 9.17) is 21.1 Å². The van der Waals surface area contributed by atoms with Gasteiger partial charge in [-0.05, 0) is 124 Å². The summed E-state index contributed by atoms with van der Waals surface area (Å²) in [5, 5.41) is 0.296. The van der Waals surface area contributed by atoms with Crippen molar-refractivity contribution in [3.63, 3.8) is 0 Å². The van der Waals surface area contributed by atoms with Gasteiger partial charge >= 0.3 is 11.9 Å². The van der Waals surface area contributed by atoms with Crippen molar-refractivity contribution in [2.24, 2.45) is 4.99 Å². The molecule has 3 aromatic rings. The summed E-state index contributed by atoms with van der Waals surface area (Å²) >= 11 is 18.6. The van der Waals surface area contributed by atoms with Crippen LogP contribution < -0.4 is 4.74 Å². The first-order valence-electron chi connectivity index (χ1n) is 9.16. The van der Waals surface area contributed by atoms with Crippen LogP contribution in [-0.4, -0.2) is 17.8 Å². The molecule has 3 aromatic carbocycles. The largest absolute Gasteiger partial charge is 0.420 e. The summed E-state index contributed by atoms with van der Waals surface area (Å²) in [5.41, 5.74) is 1.73. The maximum Gasteiger partial charge on any atom is 0.363 e. The molecule has 1 heterocycles. The fourth-order valence-corrected chi connectivity index (χ4v) is 5.17. The zero-order chi connectivity index (χ0) is 23.7. The minimum absolute atomic E-state index is 0.152. The fraction of sp³-hybridized carbons (Fsp3) is 0. The van der Waals surface area contributed by atoms with Crippen LogP contribution in [0.1, 0.15) is 21.5 Å². The van der Waals surface area contributed by atoms with E-state index in [0.29, 0.717) is 25.1 Å². The molecule has 0 aromatic heterocycles. The van der Waals surface area contributed by atoms with Crippen molar-refractivity contribution < 1.29 is 19.1 Å². The number of ether oxygens (including phenoxy) is 2. The Labute approximate surface area is 232 Å². The molecule has 0 fully saturated rings. The molecule has 0 aliphatic carbocycles. The van der Waals surface area contributed by atoms with E-state index in [1.165, 1.54) is 0 Å².